The number of nitrogens with zero attached hydrogens (tertiary/aromatic N) is 6. The first-order valence-corrected chi connectivity index (χ1v) is 10.7. The van der Waals surface area contributed by atoms with E-state index in [1.807, 2.05) is 31.7 Å². The second-order valence-electron chi connectivity index (χ2n) is 8.70. The minimum atomic E-state index is -0.518. The second-order valence-corrected chi connectivity index (χ2v) is 8.70. The standard InChI is InChI=1S/C22H28N6O5/c1-14-24-16-11-18(31-13-30-5)15(10-19(16)32-14)17-12-23-20(26-25-17)27-6-8-28(9-7-27)21(29)33-22(2,3)4/h10-12H,6-9,13H2,1-5H3. The first-order valence-electron chi connectivity index (χ1n) is 10.7. The number of fused-ring (bicyclic) bond motifs is 1. The normalized spacial score (nSPS) is 14.6. The van der Waals surface area contributed by atoms with Gasteiger partial charge in [-0.05, 0) is 26.8 Å². The van der Waals surface area contributed by atoms with Gasteiger partial charge in [0.15, 0.2) is 18.3 Å². The van der Waals surface area contributed by atoms with Crippen molar-refractivity contribution >= 4 is 23.1 Å². The molecule has 176 valence electrons. The molecule has 0 radical (unpaired) electrons. The molecule has 3 aromatic rings. The summed E-state index contributed by atoms with van der Waals surface area (Å²) in [6, 6.07) is 3.59. The number of aryl methyl sites for hydroxylation is 1. The Morgan fingerprint density at radius 3 is 2.55 bits per heavy atom. The van der Waals surface area contributed by atoms with Crippen molar-refractivity contribution < 1.29 is 23.4 Å². The van der Waals surface area contributed by atoms with Crippen LogP contribution in [0.2, 0.25) is 0 Å². The third-order valence-electron chi connectivity index (χ3n) is 4.97. The van der Waals surface area contributed by atoms with Crippen molar-refractivity contribution in [3.63, 3.8) is 0 Å². The van der Waals surface area contributed by atoms with Gasteiger partial charge in [0, 0.05) is 51.8 Å². The number of anilines is 1. The summed E-state index contributed by atoms with van der Waals surface area (Å²) in [5.41, 5.74) is 2.00. The Morgan fingerprint density at radius 2 is 1.91 bits per heavy atom. The van der Waals surface area contributed by atoms with Crippen molar-refractivity contribution in [2.45, 2.75) is 33.3 Å². The molecule has 1 aliphatic rings. The van der Waals surface area contributed by atoms with Crippen molar-refractivity contribution in [1.29, 1.82) is 0 Å². The minimum absolute atomic E-state index is 0.0796. The highest BCUT2D eigenvalue weighted by Gasteiger charge is 2.27. The van der Waals surface area contributed by atoms with Crippen molar-refractivity contribution in [3.05, 3.63) is 24.2 Å². The van der Waals surface area contributed by atoms with Crippen molar-refractivity contribution in [3.8, 4) is 17.0 Å². The zero-order chi connectivity index (χ0) is 23.6. The topological polar surface area (TPSA) is 116 Å². The molecule has 0 unspecified atom stereocenters. The average molecular weight is 457 g/mol. The van der Waals surface area contributed by atoms with E-state index in [-0.39, 0.29) is 12.9 Å². The fourth-order valence-electron chi connectivity index (χ4n) is 3.46. The van der Waals surface area contributed by atoms with Gasteiger partial charge in [0.25, 0.3) is 0 Å². The van der Waals surface area contributed by atoms with Gasteiger partial charge in [-0.3, -0.25) is 0 Å². The zero-order valence-corrected chi connectivity index (χ0v) is 19.5. The Bertz CT molecular complexity index is 1120. The molecular weight excluding hydrogens is 428 g/mol. The number of piperazine rings is 1. The Kier molecular flexibility index (Phi) is 6.32. The Morgan fingerprint density at radius 1 is 1.15 bits per heavy atom. The predicted molar refractivity (Wildman–Crippen MR) is 120 cm³/mol. The average Bonchev–Trinajstić information content (AvgIpc) is 3.15. The number of rotatable bonds is 5. The van der Waals surface area contributed by atoms with Gasteiger partial charge in [-0.15, -0.1) is 10.2 Å². The molecule has 11 heteroatoms. The van der Waals surface area contributed by atoms with Crippen molar-refractivity contribution in [2.75, 3.05) is 45.0 Å². The van der Waals surface area contributed by atoms with Crippen LogP contribution in [0.25, 0.3) is 22.4 Å². The summed E-state index contributed by atoms with van der Waals surface area (Å²) in [5.74, 6) is 1.61. The van der Waals surface area contributed by atoms with E-state index in [4.69, 9.17) is 18.6 Å². The number of oxazole rings is 1. The fraction of sp³-hybridized carbons (Fsp3) is 0.500. The minimum Gasteiger partial charge on any atom is -0.467 e. The van der Waals surface area contributed by atoms with Crippen LogP contribution in [0, 0.1) is 6.92 Å². The lowest BCUT2D eigenvalue weighted by Crippen LogP contribution is -2.50. The van der Waals surface area contributed by atoms with Gasteiger partial charge >= 0.3 is 6.09 Å². The first kappa shape index (κ1) is 22.7. The summed E-state index contributed by atoms with van der Waals surface area (Å²) in [7, 11) is 1.55. The van der Waals surface area contributed by atoms with Crippen LogP contribution in [0.5, 0.6) is 5.75 Å². The third-order valence-corrected chi connectivity index (χ3v) is 4.97. The summed E-state index contributed by atoms with van der Waals surface area (Å²) in [5, 5.41) is 8.68. The molecule has 0 aliphatic carbocycles. The van der Waals surface area contributed by atoms with E-state index >= 15 is 0 Å². The molecule has 4 rings (SSSR count). The van der Waals surface area contributed by atoms with Crippen LogP contribution in [0.3, 0.4) is 0 Å². The third kappa shape index (κ3) is 5.30. The molecule has 0 saturated carbocycles. The lowest BCUT2D eigenvalue weighted by atomic mass is 10.1. The number of aromatic nitrogens is 4. The molecule has 1 fully saturated rings. The molecular formula is C22H28N6O5. The van der Waals surface area contributed by atoms with Gasteiger partial charge < -0.3 is 28.4 Å². The van der Waals surface area contributed by atoms with E-state index < -0.39 is 5.60 Å². The van der Waals surface area contributed by atoms with Gasteiger partial charge in [0.2, 0.25) is 5.95 Å². The molecule has 33 heavy (non-hydrogen) atoms. The Labute approximate surface area is 191 Å². The lowest BCUT2D eigenvalue weighted by molar-refractivity contribution is 0.0240. The molecule has 1 aliphatic heterocycles. The molecule has 0 spiro atoms. The van der Waals surface area contributed by atoms with Gasteiger partial charge in [-0.1, -0.05) is 0 Å². The predicted octanol–water partition coefficient (Wildman–Crippen LogP) is 3.03. The molecule has 0 bridgehead atoms. The fourth-order valence-corrected chi connectivity index (χ4v) is 3.46. The number of hydrogen-bond donors (Lipinski definition) is 0. The number of hydrogen-bond acceptors (Lipinski definition) is 10. The van der Waals surface area contributed by atoms with Crippen LogP contribution >= 0.6 is 0 Å². The lowest BCUT2D eigenvalue weighted by Gasteiger charge is -2.35. The molecule has 0 N–H and O–H groups in total. The second kappa shape index (κ2) is 9.18. The Hall–Kier alpha value is -3.47. The number of benzene rings is 1. The SMILES string of the molecule is COCOc1cc2nc(C)oc2cc1-c1cnc(N2CCN(C(=O)OC(C)(C)C)CC2)nn1. The highest BCUT2D eigenvalue weighted by molar-refractivity contribution is 5.83. The van der Waals surface area contributed by atoms with Crippen molar-refractivity contribution in [2.24, 2.45) is 0 Å². The van der Waals surface area contributed by atoms with Gasteiger partial charge in [-0.2, -0.15) is 0 Å². The number of amides is 1. The molecule has 1 amide bonds. The van der Waals surface area contributed by atoms with Gasteiger partial charge in [0.05, 0.1) is 6.20 Å². The Balaban J connectivity index is 1.49. The number of carbonyl (C=O) groups is 1. The van der Waals surface area contributed by atoms with Crippen LogP contribution in [0.4, 0.5) is 10.7 Å². The highest BCUT2D eigenvalue weighted by atomic mass is 16.7. The van der Waals surface area contributed by atoms with Crippen molar-refractivity contribution in [1.82, 2.24) is 25.1 Å². The van der Waals surface area contributed by atoms with E-state index in [9.17, 15) is 4.79 Å². The van der Waals surface area contributed by atoms with E-state index in [0.29, 0.717) is 66.1 Å². The first-order chi connectivity index (χ1) is 15.7. The maximum absolute atomic E-state index is 12.3. The van der Waals surface area contributed by atoms with E-state index in [0.717, 1.165) is 0 Å². The zero-order valence-electron chi connectivity index (χ0n) is 19.5. The summed E-state index contributed by atoms with van der Waals surface area (Å²) < 4.78 is 21.9. The highest BCUT2D eigenvalue weighted by Crippen LogP contribution is 2.33. The quantitative estimate of drug-likeness (QED) is 0.530. The number of ether oxygens (including phenoxy) is 3. The maximum Gasteiger partial charge on any atom is 0.410 e. The molecule has 3 heterocycles. The summed E-state index contributed by atoms with van der Waals surface area (Å²) in [6.07, 6.45) is 1.34. The summed E-state index contributed by atoms with van der Waals surface area (Å²) in [6.45, 7) is 9.66. The van der Waals surface area contributed by atoms with Crippen LogP contribution < -0.4 is 9.64 Å². The monoisotopic (exact) mass is 456 g/mol. The maximum atomic E-state index is 12.3. The smallest absolute Gasteiger partial charge is 0.410 e. The molecule has 11 nitrogen and oxygen atoms in total. The molecule has 1 aromatic carbocycles. The van der Waals surface area contributed by atoms with E-state index in [1.54, 1.807) is 31.2 Å². The van der Waals surface area contributed by atoms with Crippen LogP contribution in [0.15, 0.2) is 22.7 Å². The number of carbonyl (C=O) groups excluding carboxylic acids is 1. The van der Waals surface area contributed by atoms with Crippen LogP contribution in [-0.2, 0) is 9.47 Å². The van der Waals surface area contributed by atoms with Gasteiger partial charge in [0.1, 0.15) is 22.6 Å². The molecule has 2 aromatic heterocycles. The van der Waals surface area contributed by atoms with Gasteiger partial charge in [-0.25, -0.2) is 14.8 Å². The summed E-state index contributed by atoms with van der Waals surface area (Å²) >= 11 is 0. The van der Waals surface area contributed by atoms with E-state index in [2.05, 4.69) is 20.2 Å². The van der Waals surface area contributed by atoms with Crippen LogP contribution in [-0.4, -0.2) is 76.8 Å². The van der Waals surface area contributed by atoms with E-state index in [1.165, 1.54) is 0 Å². The summed E-state index contributed by atoms with van der Waals surface area (Å²) in [4.78, 5) is 24.8. The molecule has 1 saturated heterocycles. The van der Waals surface area contributed by atoms with Crippen LogP contribution in [0.1, 0.15) is 26.7 Å². The largest absolute Gasteiger partial charge is 0.467 e. The molecule has 0 atom stereocenters. The number of methoxy groups -OCH3 is 1.